The van der Waals surface area contributed by atoms with Crippen molar-refractivity contribution in [3.8, 4) is 0 Å². The molecule has 15 heavy (non-hydrogen) atoms. The van der Waals surface area contributed by atoms with Crippen LogP contribution < -0.4 is 0 Å². The van der Waals surface area contributed by atoms with Gasteiger partial charge in [0.1, 0.15) is 6.04 Å². The quantitative estimate of drug-likeness (QED) is 0.652. The van der Waals surface area contributed by atoms with Gasteiger partial charge in [0.2, 0.25) is 0 Å². The number of fused-ring (bicyclic) bond motifs is 1. The highest BCUT2D eigenvalue weighted by atomic mass is 16.5. The van der Waals surface area contributed by atoms with Crippen molar-refractivity contribution in [3.63, 3.8) is 0 Å². The Labute approximate surface area is 91.8 Å². The Morgan fingerprint density at radius 3 is 2.80 bits per heavy atom. The molecule has 1 aliphatic heterocycles. The predicted molar refractivity (Wildman–Crippen MR) is 58.5 cm³/mol. The largest absolute Gasteiger partial charge is 0.468 e. The summed E-state index contributed by atoms with van der Waals surface area (Å²) in [5.41, 5.74) is 0. The Balaban J connectivity index is 2.00. The average Bonchev–Trinajstić information content (AvgIpc) is 2.70. The number of carbonyl (C=O) groups excluding carboxylic acids is 1. The van der Waals surface area contributed by atoms with Crippen LogP contribution in [0, 0.1) is 5.92 Å². The van der Waals surface area contributed by atoms with E-state index >= 15 is 0 Å². The number of hydrogen-bond donors (Lipinski definition) is 0. The van der Waals surface area contributed by atoms with Crippen LogP contribution >= 0.6 is 0 Å². The second-order valence-electron chi connectivity index (χ2n) is 4.84. The minimum atomic E-state index is -0.0822. The number of hydrogen-bond acceptors (Lipinski definition) is 3. The van der Waals surface area contributed by atoms with E-state index in [4.69, 9.17) is 4.74 Å². The molecule has 0 N–H and O–H groups in total. The lowest BCUT2D eigenvalue weighted by molar-refractivity contribution is -0.147. The van der Waals surface area contributed by atoms with Gasteiger partial charge in [-0.05, 0) is 38.6 Å². The maximum Gasteiger partial charge on any atom is 0.322 e. The molecule has 2 fully saturated rings. The van der Waals surface area contributed by atoms with Crippen molar-refractivity contribution < 1.29 is 9.53 Å². The van der Waals surface area contributed by atoms with Crippen molar-refractivity contribution >= 4 is 5.97 Å². The van der Waals surface area contributed by atoms with Gasteiger partial charge in [0.15, 0.2) is 0 Å². The second kappa shape index (κ2) is 4.52. The second-order valence-corrected chi connectivity index (χ2v) is 4.84. The third kappa shape index (κ3) is 2.03. The maximum absolute atomic E-state index is 11.5. The van der Waals surface area contributed by atoms with E-state index in [1.807, 2.05) is 6.92 Å². The van der Waals surface area contributed by atoms with Crippen LogP contribution in [0.15, 0.2) is 0 Å². The van der Waals surface area contributed by atoms with Crippen molar-refractivity contribution in [1.82, 2.24) is 4.90 Å². The van der Waals surface area contributed by atoms with Crippen LogP contribution in [0.3, 0.4) is 0 Å². The SMILES string of the molecule is COC(=O)C(C)N1CCC2CCCCC21. The van der Waals surface area contributed by atoms with Crippen LogP contribution in [0.1, 0.15) is 39.0 Å². The molecule has 3 atom stereocenters. The fourth-order valence-corrected chi connectivity index (χ4v) is 3.23. The van der Waals surface area contributed by atoms with E-state index in [1.165, 1.54) is 39.2 Å². The first-order valence-corrected chi connectivity index (χ1v) is 6.07. The highest BCUT2D eigenvalue weighted by Gasteiger charge is 2.39. The standard InChI is InChI=1S/C12H21NO2/c1-9(12(14)15-2)13-8-7-10-5-3-4-6-11(10)13/h9-11H,3-8H2,1-2H3. The molecule has 1 saturated carbocycles. The molecule has 0 bridgehead atoms. The highest BCUT2D eigenvalue weighted by molar-refractivity contribution is 5.75. The molecule has 0 aromatic rings. The maximum atomic E-state index is 11.5. The van der Waals surface area contributed by atoms with Gasteiger partial charge in [-0.25, -0.2) is 0 Å². The topological polar surface area (TPSA) is 29.5 Å². The summed E-state index contributed by atoms with van der Waals surface area (Å²) >= 11 is 0. The fourth-order valence-electron chi connectivity index (χ4n) is 3.23. The number of rotatable bonds is 2. The smallest absolute Gasteiger partial charge is 0.322 e. The number of carbonyl (C=O) groups is 1. The number of esters is 1. The summed E-state index contributed by atoms with van der Waals surface area (Å²) in [6.07, 6.45) is 6.60. The molecular weight excluding hydrogens is 190 g/mol. The third-order valence-electron chi connectivity index (χ3n) is 4.09. The highest BCUT2D eigenvalue weighted by Crippen LogP contribution is 2.37. The van der Waals surface area contributed by atoms with Gasteiger partial charge in [0.25, 0.3) is 0 Å². The summed E-state index contributed by atoms with van der Waals surface area (Å²) in [4.78, 5) is 13.9. The van der Waals surface area contributed by atoms with Crippen LogP contribution in [0.4, 0.5) is 0 Å². The van der Waals surface area contributed by atoms with E-state index in [-0.39, 0.29) is 12.0 Å². The molecular formula is C12H21NO2. The lowest BCUT2D eigenvalue weighted by atomic mass is 9.85. The van der Waals surface area contributed by atoms with Crippen LogP contribution in [-0.4, -0.2) is 36.6 Å². The fraction of sp³-hybridized carbons (Fsp3) is 0.917. The first kappa shape index (κ1) is 10.9. The molecule has 1 heterocycles. The predicted octanol–water partition coefficient (Wildman–Crippen LogP) is 1.81. The summed E-state index contributed by atoms with van der Waals surface area (Å²) in [5, 5.41) is 0. The summed E-state index contributed by atoms with van der Waals surface area (Å²) in [7, 11) is 1.48. The molecule has 0 amide bonds. The van der Waals surface area contributed by atoms with Crippen molar-refractivity contribution in [3.05, 3.63) is 0 Å². The van der Waals surface area contributed by atoms with Gasteiger partial charge in [-0.15, -0.1) is 0 Å². The summed E-state index contributed by atoms with van der Waals surface area (Å²) in [6, 6.07) is 0.593. The molecule has 86 valence electrons. The Morgan fingerprint density at radius 2 is 2.07 bits per heavy atom. The zero-order chi connectivity index (χ0) is 10.8. The Hall–Kier alpha value is -0.570. The molecule has 2 rings (SSSR count). The van der Waals surface area contributed by atoms with E-state index in [1.54, 1.807) is 0 Å². The van der Waals surface area contributed by atoms with Gasteiger partial charge in [-0.3, -0.25) is 9.69 Å². The van der Waals surface area contributed by atoms with E-state index in [0.717, 1.165) is 12.5 Å². The Kier molecular flexibility index (Phi) is 3.29. The van der Waals surface area contributed by atoms with Gasteiger partial charge >= 0.3 is 5.97 Å². The van der Waals surface area contributed by atoms with Crippen molar-refractivity contribution in [2.24, 2.45) is 5.92 Å². The van der Waals surface area contributed by atoms with Gasteiger partial charge in [0, 0.05) is 6.04 Å². The van der Waals surface area contributed by atoms with E-state index < -0.39 is 0 Å². The zero-order valence-corrected chi connectivity index (χ0v) is 9.74. The zero-order valence-electron chi connectivity index (χ0n) is 9.74. The van der Waals surface area contributed by atoms with Crippen LogP contribution in [0.2, 0.25) is 0 Å². The molecule has 0 radical (unpaired) electrons. The summed E-state index contributed by atoms with van der Waals surface area (Å²) in [6.45, 7) is 3.05. The van der Waals surface area contributed by atoms with E-state index in [9.17, 15) is 4.79 Å². The Morgan fingerprint density at radius 1 is 1.33 bits per heavy atom. The minimum Gasteiger partial charge on any atom is -0.468 e. The summed E-state index contributed by atoms with van der Waals surface area (Å²) < 4.78 is 4.82. The number of likely N-dealkylation sites (tertiary alicyclic amines) is 1. The monoisotopic (exact) mass is 211 g/mol. The molecule has 0 spiro atoms. The van der Waals surface area contributed by atoms with Crippen molar-refractivity contribution in [2.45, 2.75) is 51.1 Å². The summed E-state index contributed by atoms with van der Waals surface area (Å²) in [5.74, 6) is 0.757. The van der Waals surface area contributed by atoms with Gasteiger partial charge < -0.3 is 4.74 Å². The Bertz CT molecular complexity index is 242. The number of nitrogens with zero attached hydrogens (tertiary/aromatic N) is 1. The normalized spacial score (nSPS) is 33.5. The van der Waals surface area contributed by atoms with Gasteiger partial charge in [-0.1, -0.05) is 12.8 Å². The van der Waals surface area contributed by atoms with Crippen LogP contribution in [0.5, 0.6) is 0 Å². The molecule has 3 unspecified atom stereocenters. The van der Waals surface area contributed by atoms with Crippen LogP contribution in [0.25, 0.3) is 0 Å². The first-order valence-electron chi connectivity index (χ1n) is 6.07. The average molecular weight is 211 g/mol. The molecule has 1 saturated heterocycles. The molecule has 1 aliphatic carbocycles. The molecule has 0 aromatic carbocycles. The third-order valence-corrected chi connectivity index (χ3v) is 4.09. The molecule has 3 nitrogen and oxygen atoms in total. The molecule has 0 aromatic heterocycles. The van der Waals surface area contributed by atoms with Crippen LogP contribution in [-0.2, 0) is 9.53 Å². The van der Waals surface area contributed by atoms with E-state index in [2.05, 4.69) is 4.90 Å². The number of ether oxygens (including phenoxy) is 1. The van der Waals surface area contributed by atoms with E-state index in [0.29, 0.717) is 6.04 Å². The lowest BCUT2D eigenvalue weighted by Crippen LogP contribution is -2.44. The molecule has 3 heteroatoms. The number of methoxy groups -OCH3 is 1. The molecule has 2 aliphatic rings. The first-order chi connectivity index (χ1) is 7.24. The minimum absolute atomic E-state index is 0.0527. The van der Waals surface area contributed by atoms with Crippen molar-refractivity contribution in [2.75, 3.05) is 13.7 Å². The van der Waals surface area contributed by atoms with Gasteiger partial charge in [-0.2, -0.15) is 0 Å². The lowest BCUT2D eigenvalue weighted by Gasteiger charge is -2.34. The van der Waals surface area contributed by atoms with Crippen molar-refractivity contribution in [1.29, 1.82) is 0 Å². The van der Waals surface area contributed by atoms with Gasteiger partial charge in [0.05, 0.1) is 7.11 Å².